The summed E-state index contributed by atoms with van der Waals surface area (Å²) < 4.78 is 30.1. The van der Waals surface area contributed by atoms with Crippen molar-refractivity contribution in [2.24, 2.45) is 0 Å². The highest BCUT2D eigenvalue weighted by Gasteiger charge is 2.33. The van der Waals surface area contributed by atoms with E-state index in [9.17, 15) is 14.6 Å². The standard InChI is InChI=1S/C23H31ClN2O7P/c1-4-5-6-7-8-17-31-23(27)18(2)25-34(29,32-21-13-9-19(24)10-14-21)33-22-15-11-20(12-16-22)26(28)30-3/h9-16,18H,4-8,17H2,1-3H3,(H,25,29)/q-1/t18-,34-/m0/s1. The molecule has 34 heavy (non-hydrogen) atoms. The van der Waals surface area contributed by atoms with Crippen molar-refractivity contribution in [1.82, 2.24) is 5.09 Å². The Hall–Kier alpha value is -2.29. The van der Waals surface area contributed by atoms with Gasteiger partial charge in [-0.3, -0.25) is 9.63 Å². The van der Waals surface area contributed by atoms with Crippen LogP contribution in [0.5, 0.6) is 11.5 Å². The Morgan fingerprint density at radius 2 is 1.59 bits per heavy atom. The summed E-state index contributed by atoms with van der Waals surface area (Å²) in [6, 6.07) is 10.9. The van der Waals surface area contributed by atoms with Gasteiger partial charge in [0.25, 0.3) is 0 Å². The number of hydrogen-bond donors (Lipinski definition) is 1. The number of halogens is 1. The third-order valence-corrected chi connectivity index (χ3v) is 6.53. The molecule has 0 aliphatic heterocycles. The summed E-state index contributed by atoms with van der Waals surface area (Å²) in [6.45, 7) is 3.92. The first kappa shape index (κ1) is 28.0. The average molecular weight is 514 g/mol. The fourth-order valence-corrected chi connectivity index (χ4v) is 4.52. The van der Waals surface area contributed by atoms with Crippen LogP contribution in [0.1, 0.15) is 46.0 Å². The number of anilines is 1. The third kappa shape index (κ3) is 9.52. The van der Waals surface area contributed by atoms with Crippen LogP contribution in [0.15, 0.2) is 48.5 Å². The molecule has 0 unspecified atom stereocenters. The van der Waals surface area contributed by atoms with Crippen molar-refractivity contribution < 1.29 is 28.0 Å². The van der Waals surface area contributed by atoms with Crippen molar-refractivity contribution in [2.45, 2.75) is 52.0 Å². The number of esters is 1. The molecule has 0 aliphatic carbocycles. The third-order valence-electron chi connectivity index (χ3n) is 4.68. The summed E-state index contributed by atoms with van der Waals surface area (Å²) in [5.41, 5.74) is 0.215. The van der Waals surface area contributed by atoms with Gasteiger partial charge in [0.2, 0.25) is 0 Å². The molecule has 0 aliphatic rings. The molecule has 2 aromatic carbocycles. The summed E-state index contributed by atoms with van der Waals surface area (Å²) in [5.74, 6) is -0.204. The molecule has 0 fully saturated rings. The number of carbonyl (C=O) groups excluding carboxylic acids is 1. The van der Waals surface area contributed by atoms with E-state index in [0.29, 0.717) is 10.2 Å². The first-order valence-corrected chi connectivity index (χ1v) is 13.0. The normalized spacial score (nSPS) is 13.6. The Labute approximate surface area is 205 Å². The van der Waals surface area contributed by atoms with E-state index in [2.05, 4.69) is 16.8 Å². The zero-order valence-corrected chi connectivity index (χ0v) is 21.2. The first-order valence-electron chi connectivity index (χ1n) is 11.1. The molecule has 11 heteroatoms. The van der Waals surface area contributed by atoms with Crippen molar-refractivity contribution in [3.63, 3.8) is 0 Å². The molecule has 1 N–H and O–H groups in total. The number of ether oxygens (including phenoxy) is 1. The molecule has 0 spiro atoms. The van der Waals surface area contributed by atoms with Crippen molar-refractivity contribution in [1.29, 1.82) is 0 Å². The smallest absolute Gasteiger partial charge is 0.513 e. The van der Waals surface area contributed by atoms with E-state index in [1.165, 1.54) is 50.4 Å². The lowest BCUT2D eigenvalue weighted by Crippen LogP contribution is -2.36. The van der Waals surface area contributed by atoms with E-state index >= 15 is 0 Å². The maximum Gasteiger partial charge on any atom is 0.513 e. The summed E-state index contributed by atoms with van der Waals surface area (Å²) >= 11 is 5.91. The maximum atomic E-state index is 13.6. The molecule has 0 radical (unpaired) electrons. The van der Waals surface area contributed by atoms with Crippen molar-refractivity contribution >= 4 is 31.0 Å². The minimum absolute atomic E-state index is 0.148. The second-order valence-corrected chi connectivity index (χ2v) is 9.55. The number of hydrogen-bond acceptors (Lipinski definition) is 8. The second-order valence-electron chi connectivity index (χ2n) is 7.50. The number of benzene rings is 2. The number of carbonyl (C=O) groups is 1. The van der Waals surface area contributed by atoms with Gasteiger partial charge in [-0.1, -0.05) is 44.2 Å². The van der Waals surface area contributed by atoms with Crippen LogP contribution >= 0.6 is 19.3 Å². The fourth-order valence-electron chi connectivity index (χ4n) is 2.87. The zero-order chi connectivity index (χ0) is 25.0. The van der Waals surface area contributed by atoms with Crippen LogP contribution in [0.25, 0.3) is 0 Å². The molecule has 2 aromatic rings. The molecule has 0 amide bonds. The topological polar surface area (TPSA) is 109 Å². The van der Waals surface area contributed by atoms with Crippen LogP contribution in [0.4, 0.5) is 5.69 Å². The lowest BCUT2D eigenvalue weighted by molar-refractivity contribution is -0.145. The molecule has 2 rings (SSSR count). The minimum Gasteiger partial charge on any atom is -0.733 e. The summed E-state index contributed by atoms with van der Waals surface area (Å²) in [5, 5.41) is 15.0. The average Bonchev–Trinajstić information content (AvgIpc) is 2.82. The van der Waals surface area contributed by atoms with Crippen LogP contribution in [0, 0.1) is 5.21 Å². The van der Waals surface area contributed by atoms with Gasteiger partial charge in [-0.05, 0) is 61.9 Å². The molecule has 0 bridgehead atoms. The summed E-state index contributed by atoms with van der Waals surface area (Å²) in [6.07, 6.45) is 5.11. The van der Waals surface area contributed by atoms with E-state index in [0.717, 1.165) is 32.1 Å². The molecular weight excluding hydrogens is 483 g/mol. The Bertz CT molecular complexity index is 928. The van der Waals surface area contributed by atoms with Gasteiger partial charge < -0.3 is 24.2 Å². The monoisotopic (exact) mass is 513 g/mol. The molecule has 9 nitrogen and oxygen atoms in total. The number of nitrogens with one attached hydrogen (secondary N) is 1. The van der Waals surface area contributed by atoms with Crippen LogP contribution in [-0.2, 0) is 18.9 Å². The van der Waals surface area contributed by atoms with E-state index in [4.69, 9.17) is 25.4 Å². The van der Waals surface area contributed by atoms with Crippen LogP contribution < -0.4 is 19.4 Å². The lowest BCUT2D eigenvalue weighted by Gasteiger charge is -2.27. The molecule has 188 valence electrons. The van der Waals surface area contributed by atoms with E-state index in [-0.39, 0.29) is 23.8 Å². The summed E-state index contributed by atoms with van der Waals surface area (Å²) in [7, 11) is -2.87. The van der Waals surface area contributed by atoms with Crippen LogP contribution in [0.3, 0.4) is 0 Å². The van der Waals surface area contributed by atoms with Gasteiger partial charge in [-0.15, -0.1) is 0 Å². The molecule has 2 atom stereocenters. The summed E-state index contributed by atoms with van der Waals surface area (Å²) in [4.78, 5) is 17.0. The molecule has 0 saturated heterocycles. The predicted octanol–water partition coefficient (Wildman–Crippen LogP) is 6.26. The van der Waals surface area contributed by atoms with Gasteiger partial charge >= 0.3 is 13.7 Å². The molecular formula is C23H31ClN2O7P-. The Morgan fingerprint density at radius 1 is 1.03 bits per heavy atom. The van der Waals surface area contributed by atoms with Gasteiger partial charge in [0, 0.05) is 5.02 Å². The Morgan fingerprint density at radius 3 is 2.15 bits per heavy atom. The largest absolute Gasteiger partial charge is 0.733 e. The van der Waals surface area contributed by atoms with Gasteiger partial charge in [0.05, 0.1) is 19.4 Å². The Balaban J connectivity index is 2.08. The van der Waals surface area contributed by atoms with Crippen LogP contribution in [-0.4, -0.2) is 25.7 Å². The van der Waals surface area contributed by atoms with Gasteiger partial charge in [0.1, 0.15) is 17.5 Å². The zero-order valence-electron chi connectivity index (χ0n) is 19.6. The molecule has 0 aromatic heterocycles. The van der Waals surface area contributed by atoms with Gasteiger partial charge in [-0.2, -0.15) is 5.09 Å². The Kier molecular flexibility index (Phi) is 11.7. The number of nitrogens with zero attached hydrogens (tertiary/aromatic N) is 1. The highest BCUT2D eigenvalue weighted by atomic mass is 35.5. The molecule has 0 saturated carbocycles. The highest BCUT2D eigenvalue weighted by molar-refractivity contribution is 7.52. The van der Waals surface area contributed by atoms with E-state index < -0.39 is 19.8 Å². The number of unbranched alkanes of at least 4 members (excludes halogenated alkanes) is 4. The minimum atomic E-state index is -4.10. The van der Waals surface area contributed by atoms with Crippen molar-refractivity contribution in [3.8, 4) is 11.5 Å². The number of rotatable bonds is 15. The molecule has 0 heterocycles. The fraction of sp³-hybridized carbons (Fsp3) is 0.435. The van der Waals surface area contributed by atoms with E-state index in [1.807, 2.05) is 0 Å². The maximum absolute atomic E-state index is 13.6. The van der Waals surface area contributed by atoms with Crippen molar-refractivity contribution in [2.75, 3.05) is 18.9 Å². The van der Waals surface area contributed by atoms with Gasteiger partial charge in [-0.25, -0.2) is 4.57 Å². The highest BCUT2D eigenvalue weighted by Crippen LogP contribution is 2.45. The van der Waals surface area contributed by atoms with E-state index in [1.54, 1.807) is 12.1 Å². The quantitative estimate of drug-likeness (QED) is 0.128. The van der Waals surface area contributed by atoms with Crippen LogP contribution in [0.2, 0.25) is 5.02 Å². The van der Waals surface area contributed by atoms with Crippen molar-refractivity contribution in [3.05, 3.63) is 58.8 Å². The second kappa shape index (κ2) is 14.2. The predicted molar refractivity (Wildman–Crippen MR) is 132 cm³/mol. The lowest BCUT2D eigenvalue weighted by atomic mass is 10.2. The SMILES string of the molecule is CCCCCCCOC(=O)[C@H](C)N[P@](=O)(Oc1ccc(Cl)cc1)Oc1ccc(N([O-])OC)cc1. The van der Waals surface area contributed by atoms with Gasteiger partial charge in [0.15, 0.2) is 0 Å². The first-order chi connectivity index (χ1) is 16.3.